The Morgan fingerprint density at radius 1 is 1.05 bits per heavy atom. The fraction of sp³-hybridized carbons (Fsp3) is 0.294. The highest BCUT2D eigenvalue weighted by molar-refractivity contribution is 5.71. The predicted octanol–water partition coefficient (Wildman–Crippen LogP) is 3.64. The summed E-state index contributed by atoms with van der Waals surface area (Å²) in [4.78, 5) is 0. The van der Waals surface area contributed by atoms with Crippen LogP contribution in [0.15, 0.2) is 42.5 Å². The van der Waals surface area contributed by atoms with E-state index in [1.54, 1.807) is 7.11 Å². The first-order valence-electron chi connectivity index (χ1n) is 6.69. The topological polar surface area (TPSA) is 38.7 Å². The SMILES string of the molecule is COc1ccc(CO)cc1-c1ccc(OC(C)C)cc1. The van der Waals surface area contributed by atoms with E-state index in [1.807, 2.05) is 56.3 Å². The molecule has 0 heterocycles. The van der Waals surface area contributed by atoms with Crippen LogP contribution in [-0.2, 0) is 6.61 Å². The Labute approximate surface area is 119 Å². The maximum Gasteiger partial charge on any atom is 0.126 e. The lowest BCUT2D eigenvalue weighted by Gasteiger charge is -2.12. The van der Waals surface area contributed by atoms with Crippen LogP contribution in [0.2, 0.25) is 0 Å². The van der Waals surface area contributed by atoms with Crippen LogP contribution in [0.1, 0.15) is 19.4 Å². The van der Waals surface area contributed by atoms with Gasteiger partial charge in [0.25, 0.3) is 0 Å². The predicted molar refractivity (Wildman–Crippen MR) is 80.1 cm³/mol. The molecule has 0 radical (unpaired) electrons. The molecule has 0 aliphatic heterocycles. The highest BCUT2D eigenvalue weighted by atomic mass is 16.5. The van der Waals surface area contributed by atoms with E-state index in [2.05, 4.69) is 0 Å². The van der Waals surface area contributed by atoms with Crippen molar-refractivity contribution in [3.05, 3.63) is 48.0 Å². The second-order valence-electron chi connectivity index (χ2n) is 4.88. The summed E-state index contributed by atoms with van der Waals surface area (Å²) in [6, 6.07) is 13.6. The van der Waals surface area contributed by atoms with E-state index in [-0.39, 0.29) is 12.7 Å². The Kier molecular flexibility index (Phi) is 4.64. The van der Waals surface area contributed by atoms with Crippen LogP contribution in [0.4, 0.5) is 0 Å². The average Bonchev–Trinajstić information content (AvgIpc) is 2.46. The van der Waals surface area contributed by atoms with Crippen LogP contribution in [0.3, 0.4) is 0 Å². The molecule has 0 atom stereocenters. The van der Waals surface area contributed by atoms with Gasteiger partial charge in [-0.3, -0.25) is 0 Å². The lowest BCUT2D eigenvalue weighted by Crippen LogP contribution is -2.05. The zero-order valence-electron chi connectivity index (χ0n) is 12.1. The summed E-state index contributed by atoms with van der Waals surface area (Å²) < 4.78 is 11.0. The number of aliphatic hydroxyl groups excluding tert-OH is 1. The van der Waals surface area contributed by atoms with E-state index in [4.69, 9.17) is 9.47 Å². The second kappa shape index (κ2) is 6.44. The molecule has 0 unspecified atom stereocenters. The van der Waals surface area contributed by atoms with Gasteiger partial charge < -0.3 is 14.6 Å². The molecule has 3 nitrogen and oxygen atoms in total. The van der Waals surface area contributed by atoms with Crippen LogP contribution in [0, 0.1) is 0 Å². The molecule has 0 bridgehead atoms. The monoisotopic (exact) mass is 272 g/mol. The van der Waals surface area contributed by atoms with Crippen LogP contribution in [-0.4, -0.2) is 18.3 Å². The van der Waals surface area contributed by atoms with E-state index in [1.165, 1.54) is 0 Å². The van der Waals surface area contributed by atoms with Crippen LogP contribution >= 0.6 is 0 Å². The number of hydrogen-bond donors (Lipinski definition) is 1. The van der Waals surface area contributed by atoms with Crippen molar-refractivity contribution in [1.82, 2.24) is 0 Å². The molecule has 0 fully saturated rings. The maximum atomic E-state index is 9.25. The number of rotatable bonds is 5. The van der Waals surface area contributed by atoms with Gasteiger partial charge in [0, 0.05) is 5.56 Å². The van der Waals surface area contributed by atoms with E-state index in [0.717, 1.165) is 28.2 Å². The van der Waals surface area contributed by atoms with Crippen molar-refractivity contribution in [2.45, 2.75) is 26.6 Å². The molecule has 0 aromatic heterocycles. The fourth-order valence-corrected chi connectivity index (χ4v) is 2.06. The molecule has 20 heavy (non-hydrogen) atoms. The van der Waals surface area contributed by atoms with Gasteiger partial charge >= 0.3 is 0 Å². The van der Waals surface area contributed by atoms with Crippen molar-refractivity contribution in [2.24, 2.45) is 0 Å². The second-order valence-corrected chi connectivity index (χ2v) is 4.88. The van der Waals surface area contributed by atoms with E-state index in [0.29, 0.717) is 0 Å². The molecular formula is C17H20O3. The van der Waals surface area contributed by atoms with Gasteiger partial charge in [-0.1, -0.05) is 18.2 Å². The first-order valence-corrected chi connectivity index (χ1v) is 6.69. The molecule has 0 spiro atoms. The molecule has 0 saturated carbocycles. The Morgan fingerprint density at radius 3 is 2.30 bits per heavy atom. The smallest absolute Gasteiger partial charge is 0.126 e. The van der Waals surface area contributed by atoms with Crippen molar-refractivity contribution in [2.75, 3.05) is 7.11 Å². The standard InChI is InChI=1S/C17H20O3/c1-12(2)20-15-7-5-14(6-8-15)16-10-13(11-18)4-9-17(16)19-3/h4-10,12,18H,11H2,1-3H3. The number of ether oxygens (including phenoxy) is 2. The van der Waals surface area contributed by atoms with Gasteiger partial charge in [-0.25, -0.2) is 0 Å². The highest BCUT2D eigenvalue weighted by Gasteiger charge is 2.07. The van der Waals surface area contributed by atoms with Gasteiger partial charge in [-0.2, -0.15) is 0 Å². The summed E-state index contributed by atoms with van der Waals surface area (Å²) in [7, 11) is 1.65. The van der Waals surface area contributed by atoms with Crippen LogP contribution in [0.5, 0.6) is 11.5 Å². The Morgan fingerprint density at radius 2 is 1.75 bits per heavy atom. The van der Waals surface area contributed by atoms with Gasteiger partial charge in [0.2, 0.25) is 0 Å². The van der Waals surface area contributed by atoms with Crippen molar-refractivity contribution in [3.63, 3.8) is 0 Å². The summed E-state index contributed by atoms with van der Waals surface area (Å²) in [5.74, 6) is 1.64. The molecule has 0 amide bonds. The van der Waals surface area contributed by atoms with Crippen LogP contribution < -0.4 is 9.47 Å². The van der Waals surface area contributed by atoms with Gasteiger partial charge in [-0.15, -0.1) is 0 Å². The molecule has 106 valence electrons. The number of methoxy groups -OCH3 is 1. The summed E-state index contributed by atoms with van der Waals surface area (Å²) in [5.41, 5.74) is 2.87. The third-order valence-corrected chi connectivity index (χ3v) is 2.98. The van der Waals surface area contributed by atoms with Gasteiger partial charge in [-0.05, 0) is 49.2 Å². The normalized spacial score (nSPS) is 10.7. The minimum atomic E-state index is 0.0194. The minimum Gasteiger partial charge on any atom is -0.496 e. The molecular weight excluding hydrogens is 252 g/mol. The van der Waals surface area contributed by atoms with E-state index >= 15 is 0 Å². The number of hydrogen-bond acceptors (Lipinski definition) is 3. The summed E-state index contributed by atoms with van der Waals surface area (Å²) in [6.07, 6.45) is 0.160. The zero-order valence-corrected chi connectivity index (χ0v) is 12.1. The van der Waals surface area contributed by atoms with Crippen molar-refractivity contribution >= 4 is 0 Å². The fourth-order valence-electron chi connectivity index (χ4n) is 2.06. The van der Waals surface area contributed by atoms with E-state index < -0.39 is 0 Å². The molecule has 3 heteroatoms. The first-order chi connectivity index (χ1) is 9.63. The van der Waals surface area contributed by atoms with Crippen molar-refractivity contribution < 1.29 is 14.6 Å². The molecule has 1 N–H and O–H groups in total. The number of benzene rings is 2. The summed E-state index contributed by atoms with van der Waals surface area (Å²) in [6.45, 7) is 4.02. The average molecular weight is 272 g/mol. The third-order valence-electron chi connectivity index (χ3n) is 2.98. The highest BCUT2D eigenvalue weighted by Crippen LogP contribution is 2.32. The largest absolute Gasteiger partial charge is 0.496 e. The summed E-state index contributed by atoms with van der Waals surface area (Å²) >= 11 is 0. The minimum absolute atomic E-state index is 0.0194. The summed E-state index contributed by atoms with van der Waals surface area (Å²) in [5, 5.41) is 9.25. The molecule has 2 aromatic rings. The maximum absolute atomic E-state index is 9.25. The molecule has 0 saturated heterocycles. The Balaban J connectivity index is 2.35. The van der Waals surface area contributed by atoms with Crippen LogP contribution in [0.25, 0.3) is 11.1 Å². The molecule has 0 aliphatic carbocycles. The van der Waals surface area contributed by atoms with Crippen molar-refractivity contribution in [1.29, 1.82) is 0 Å². The zero-order chi connectivity index (χ0) is 14.5. The van der Waals surface area contributed by atoms with E-state index in [9.17, 15) is 5.11 Å². The lowest BCUT2D eigenvalue weighted by atomic mass is 10.0. The lowest BCUT2D eigenvalue weighted by molar-refractivity contribution is 0.242. The Hall–Kier alpha value is -2.00. The third kappa shape index (κ3) is 3.31. The molecule has 0 aliphatic rings. The first kappa shape index (κ1) is 14.4. The Bertz CT molecular complexity index is 559. The van der Waals surface area contributed by atoms with Gasteiger partial charge in [0.15, 0.2) is 0 Å². The quantitative estimate of drug-likeness (QED) is 0.903. The number of aliphatic hydroxyl groups is 1. The van der Waals surface area contributed by atoms with Gasteiger partial charge in [0.1, 0.15) is 11.5 Å². The van der Waals surface area contributed by atoms with Crippen molar-refractivity contribution in [3.8, 4) is 22.6 Å². The van der Waals surface area contributed by atoms with Gasteiger partial charge in [0.05, 0.1) is 19.8 Å². The molecule has 2 rings (SSSR count). The molecule has 2 aromatic carbocycles.